The molecule has 2 heterocycles. The predicted octanol–water partition coefficient (Wildman–Crippen LogP) is 18.3. The zero-order chi connectivity index (χ0) is 47.1. The van der Waals surface area contributed by atoms with Crippen LogP contribution in [0.4, 0.5) is 0 Å². The third-order valence-electron chi connectivity index (χ3n) is 15.7. The Morgan fingerprint density at radius 1 is 0.529 bits per heavy atom. The van der Waals surface area contributed by atoms with Gasteiger partial charge in [-0.1, -0.05) is 152 Å². The molecule has 10 heteroatoms. The molecule has 398 valence electrons. The predicted molar refractivity (Wildman–Crippen MR) is 312 cm³/mol. The molecule has 0 amide bonds. The maximum Gasteiger partial charge on any atom is 0 e. The Bertz CT molecular complexity index is 1690. The van der Waals surface area contributed by atoms with E-state index in [2.05, 4.69) is 109 Å². The van der Waals surface area contributed by atoms with Crippen molar-refractivity contribution in [3.63, 3.8) is 0 Å². The topological polar surface area (TPSA) is 28.2 Å². The molecule has 2 aromatic carbocycles. The van der Waals surface area contributed by atoms with Gasteiger partial charge in [0.05, 0.1) is 0 Å². The number of piperidine rings is 1. The number of allylic oxidation sites excluding steroid dienone is 6. The van der Waals surface area contributed by atoms with Crippen molar-refractivity contribution >= 4 is 63.6 Å². The smallest absolute Gasteiger partial charge is 0 e. The molecule has 70 heavy (non-hydrogen) atoms. The van der Waals surface area contributed by atoms with Crippen molar-refractivity contribution in [3.05, 3.63) is 134 Å². The third-order valence-corrected chi connectivity index (χ3v) is 26.4. The van der Waals surface area contributed by atoms with Crippen LogP contribution in [0, 0.1) is 25.7 Å². The van der Waals surface area contributed by atoms with Crippen LogP contribution >= 0.6 is 42.4 Å². The number of halogens is 2. The second kappa shape index (κ2) is 40.0. The molecule has 2 aliphatic heterocycles. The molecule has 7 fully saturated rings. The first-order chi connectivity index (χ1) is 33.8. The Morgan fingerprint density at radius 2 is 0.957 bits per heavy atom. The third kappa shape index (κ3) is 23.1. The molecule has 0 bridgehead atoms. The molecular weight excluding hydrogens is 1130 g/mol. The second-order valence-corrected chi connectivity index (χ2v) is 31.8. The minimum Gasteiger partial charge on any atom is -0.213 e. The number of hydrogen-bond donors (Lipinski definition) is 0. The monoisotopic (exact) mass is 1210 g/mol. The Kier molecular flexibility index (Phi) is 36.1. The molecule has 9 aliphatic rings. The molecule has 11 rings (SSSR count). The molecule has 1 atom stereocenters. The van der Waals surface area contributed by atoms with Crippen molar-refractivity contribution in [1.29, 1.82) is 0 Å². The zero-order valence-electron chi connectivity index (χ0n) is 42.5. The quantitative estimate of drug-likeness (QED) is 0.150. The van der Waals surface area contributed by atoms with E-state index in [9.17, 15) is 0 Å². The van der Waals surface area contributed by atoms with Crippen molar-refractivity contribution in [2.75, 3.05) is 19.6 Å². The van der Waals surface area contributed by atoms with Crippen LogP contribution < -0.4 is 10.6 Å². The number of hydrogen-bond acceptors (Lipinski definition) is 0. The van der Waals surface area contributed by atoms with Crippen molar-refractivity contribution in [2.45, 2.75) is 208 Å². The van der Waals surface area contributed by atoms with Gasteiger partial charge in [0, 0.05) is 34.1 Å². The van der Waals surface area contributed by atoms with E-state index >= 15 is 0 Å². The Labute approximate surface area is 470 Å². The molecule has 0 radical (unpaired) electrons. The van der Waals surface area contributed by atoms with E-state index in [0.717, 1.165) is 47.9 Å². The van der Waals surface area contributed by atoms with E-state index in [0.29, 0.717) is 0 Å². The van der Waals surface area contributed by atoms with Gasteiger partial charge >= 0.3 is 34.5 Å². The van der Waals surface area contributed by atoms with Crippen LogP contribution in [0.2, 0.25) is 0 Å². The van der Waals surface area contributed by atoms with E-state index in [4.69, 9.17) is 19.4 Å². The molecule has 1 saturated heterocycles. The van der Waals surface area contributed by atoms with E-state index in [1.165, 1.54) is 180 Å². The first-order valence-electron chi connectivity index (χ1n) is 27.6. The second-order valence-electron chi connectivity index (χ2n) is 20.4. The molecule has 2 nitrogen and oxygen atoms in total. The van der Waals surface area contributed by atoms with Crippen molar-refractivity contribution in [3.8, 4) is 0 Å². The summed E-state index contributed by atoms with van der Waals surface area (Å²) in [7, 11) is 9.06. The van der Waals surface area contributed by atoms with E-state index < -0.39 is 7.55 Å². The summed E-state index contributed by atoms with van der Waals surface area (Å²) >= 11 is -0.346. The molecule has 0 aromatic heterocycles. The van der Waals surface area contributed by atoms with Gasteiger partial charge < -0.3 is 41.6 Å². The fraction of sp³-hybridized carbons (Fsp3) is 0.600. The van der Waals surface area contributed by atoms with E-state index in [1.807, 2.05) is 18.2 Å². The van der Waals surface area contributed by atoms with Gasteiger partial charge in [-0.25, -0.2) is 24.3 Å². The van der Waals surface area contributed by atoms with Crippen LogP contribution in [-0.4, -0.2) is 58.5 Å². The summed E-state index contributed by atoms with van der Waals surface area (Å²) in [6, 6.07) is 18.5. The molecule has 2 aromatic rings. The SMILES string of the molecule is C1=CC(=[PH]([c-]2cccc2)C2CCCCC2)C=C1.C1=CC[N-]C=C1.C1CC[N-]CC1.[CH-]1[CH-][CH-]C(=[PH](C2CCCCC2)C2CCCCC2)[CH-]1.[Cl][Ru+2][Cl].[Fe].[Fe].c1cc[c-](P(C2CCCCC2)C2CCCCC2)c1. The summed E-state index contributed by atoms with van der Waals surface area (Å²) in [6.45, 7) is 3.11. The van der Waals surface area contributed by atoms with Crippen LogP contribution in [0.25, 0.3) is 10.6 Å². The first-order valence-corrected chi connectivity index (χ1v) is 36.8. The summed E-state index contributed by atoms with van der Waals surface area (Å²) in [4.78, 5) is 0. The van der Waals surface area contributed by atoms with Crippen LogP contribution in [0.5, 0.6) is 0 Å². The van der Waals surface area contributed by atoms with Crippen LogP contribution in [0.15, 0.2) is 97.3 Å². The summed E-state index contributed by atoms with van der Waals surface area (Å²) < 4.78 is 0. The minimum atomic E-state index is -0.514. The molecular formula is C60H89Cl2Fe2N2P3Ru-6. The molecule has 0 spiro atoms. The first kappa shape index (κ1) is 63.2. The minimum absolute atomic E-state index is 0. The van der Waals surface area contributed by atoms with Crippen LogP contribution in [0.3, 0.4) is 0 Å². The number of rotatable bonds is 7. The standard InChI is InChI=1S/C17H27P.C17H26P.C16H20P.C5H10N.C5H6N.2ClH.2Fe.Ru/c2*1-3-9-15(10-4-1)18(17-13-7-8-14-17)16-11-5-2-6-12-16;1-2-8-14(9-3-1)17(15-10-4-5-11-15)16-12-6-7-13-16;2*1-2-4-6-5-3-1;;;;;/h7-8,13-16,18H,1-6,9-12H2;7-8,13-16H,1-6,9-12H2;4-7,10-14,17H,1-3,8-9H2;1-5H2;1-4H,5H2;2*1H;;;/q-4;4*-1;;;;;+4/p-2. The molecule has 7 aliphatic carbocycles. The molecule has 1 unspecified atom stereocenters. The summed E-state index contributed by atoms with van der Waals surface area (Å²) in [5.41, 5.74) is 5.25. The van der Waals surface area contributed by atoms with E-state index in [1.54, 1.807) is 27.4 Å². The zero-order valence-corrected chi connectivity index (χ0v) is 50.9. The average Bonchev–Trinajstić information content (AvgIpc) is 4.30. The van der Waals surface area contributed by atoms with Gasteiger partial charge in [0.15, 0.2) is 0 Å². The fourth-order valence-electron chi connectivity index (χ4n) is 12.4. The average molecular weight is 1210 g/mol. The van der Waals surface area contributed by atoms with Crippen molar-refractivity contribution < 1.29 is 49.3 Å². The van der Waals surface area contributed by atoms with Gasteiger partial charge in [0.2, 0.25) is 0 Å². The number of nitrogens with zero attached hydrogens (tertiary/aromatic N) is 2. The van der Waals surface area contributed by atoms with Crippen LogP contribution in [0.1, 0.15) is 180 Å². The normalized spacial score (nSPS) is 22.5. The van der Waals surface area contributed by atoms with E-state index in [-0.39, 0.29) is 64.7 Å². The van der Waals surface area contributed by atoms with Crippen molar-refractivity contribution in [1.82, 2.24) is 0 Å². The van der Waals surface area contributed by atoms with Crippen LogP contribution in [-0.2, 0) is 49.3 Å². The maximum atomic E-state index is 4.85. The van der Waals surface area contributed by atoms with Gasteiger partial charge in [-0.05, 0) is 97.8 Å². The Morgan fingerprint density at radius 3 is 1.33 bits per heavy atom. The largest absolute Gasteiger partial charge is 0.213 e. The molecule has 6 saturated carbocycles. The maximum absolute atomic E-state index is 4.85. The molecule has 0 N–H and O–H groups in total. The Balaban J connectivity index is 0.000000196. The van der Waals surface area contributed by atoms with Gasteiger partial charge in [-0.15, -0.1) is 51.8 Å². The van der Waals surface area contributed by atoms with Gasteiger partial charge in [0.1, 0.15) is 0 Å². The fourth-order valence-corrected chi connectivity index (χ4v) is 23.8. The summed E-state index contributed by atoms with van der Waals surface area (Å²) in [6.07, 6.45) is 67.8. The van der Waals surface area contributed by atoms with Crippen molar-refractivity contribution in [2.24, 2.45) is 0 Å². The summed E-state index contributed by atoms with van der Waals surface area (Å²) in [5, 5.41) is 14.8. The van der Waals surface area contributed by atoms with Gasteiger partial charge in [-0.3, -0.25) is 0 Å². The summed E-state index contributed by atoms with van der Waals surface area (Å²) in [5.74, 6) is 0. The Hall–Kier alpha value is 0.692. The van der Waals surface area contributed by atoms with Gasteiger partial charge in [0.25, 0.3) is 0 Å². The van der Waals surface area contributed by atoms with Gasteiger partial charge in [-0.2, -0.15) is 38.0 Å².